The number of allylic oxidation sites excluding steroid dienone is 1. The lowest BCUT2D eigenvalue weighted by atomic mass is 10.1. The van der Waals surface area contributed by atoms with Gasteiger partial charge in [-0.1, -0.05) is 54.1 Å². The van der Waals surface area contributed by atoms with Crippen LogP contribution in [0.1, 0.15) is 18.1 Å². The first-order valence-electron chi connectivity index (χ1n) is 5.50. The molecule has 0 N–H and O–H groups in total. The van der Waals surface area contributed by atoms with E-state index in [1.165, 1.54) is 0 Å². The number of benzene rings is 2. The highest BCUT2D eigenvalue weighted by Gasteiger charge is 1.93. The van der Waals surface area contributed by atoms with Crippen molar-refractivity contribution in [1.82, 2.24) is 0 Å². The van der Waals surface area contributed by atoms with Gasteiger partial charge in [0.05, 0.1) is 0 Å². The molecule has 17 heavy (non-hydrogen) atoms. The Balaban J connectivity index is 2.28. The van der Waals surface area contributed by atoms with Gasteiger partial charge in [0.2, 0.25) is 0 Å². The minimum absolute atomic E-state index is 0.758. The molecule has 2 aromatic rings. The molecule has 0 radical (unpaired) electrons. The quantitative estimate of drug-likeness (QED) is 0.644. The molecule has 0 saturated heterocycles. The standard InChI is InChI=1S/C16H13Cl/c1-13(15-9-11-16(17)12-10-15)7-8-14-5-3-2-4-6-14/h2-6,8-12H,1H3. The second-order valence-corrected chi connectivity index (χ2v) is 4.27. The van der Waals surface area contributed by atoms with Gasteiger partial charge in [-0.25, -0.2) is 0 Å². The number of hydrogen-bond donors (Lipinski definition) is 0. The third-order valence-electron chi connectivity index (χ3n) is 2.53. The first-order chi connectivity index (χ1) is 8.25. The Morgan fingerprint density at radius 3 is 2.29 bits per heavy atom. The average Bonchev–Trinajstić information content (AvgIpc) is 2.38. The van der Waals surface area contributed by atoms with E-state index >= 15 is 0 Å². The largest absolute Gasteiger partial charge is 0.116 e. The molecule has 0 unspecified atom stereocenters. The average molecular weight is 241 g/mol. The van der Waals surface area contributed by atoms with Crippen molar-refractivity contribution in [1.29, 1.82) is 0 Å². The van der Waals surface area contributed by atoms with Crippen LogP contribution in [-0.2, 0) is 0 Å². The predicted molar refractivity (Wildman–Crippen MR) is 75.0 cm³/mol. The summed E-state index contributed by atoms with van der Waals surface area (Å²) in [5.41, 5.74) is 6.68. The van der Waals surface area contributed by atoms with Crippen molar-refractivity contribution >= 4 is 23.3 Å². The summed E-state index contributed by atoms with van der Waals surface area (Å²) in [7, 11) is 0. The fourth-order valence-electron chi connectivity index (χ4n) is 1.52. The van der Waals surface area contributed by atoms with Gasteiger partial charge in [-0.3, -0.25) is 0 Å². The van der Waals surface area contributed by atoms with Crippen molar-refractivity contribution in [3.8, 4) is 0 Å². The van der Waals surface area contributed by atoms with Crippen molar-refractivity contribution in [3.05, 3.63) is 76.5 Å². The summed E-state index contributed by atoms with van der Waals surface area (Å²) in [5.74, 6) is 0. The lowest BCUT2D eigenvalue weighted by molar-refractivity contribution is 1.57. The zero-order chi connectivity index (χ0) is 12.1. The molecule has 0 spiro atoms. The molecular formula is C16H13Cl. The summed E-state index contributed by atoms with van der Waals surface area (Å²) in [6.07, 6.45) is 1.99. The molecule has 0 fully saturated rings. The molecule has 0 heterocycles. The Hall–Kier alpha value is -1.75. The van der Waals surface area contributed by atoms with Crippen molar-refractivity contribution in [2.75, 3.05) is 0 Å². The van der Waals surface area contributed by atoms with Crippen molar-refractivity contribution < 1.29 is 0 Å². The van der Waals surface area contributed by atoms with E-state index in [0.717, 1.165) is 21.7 Å². The van der Waals surface area contributed by atoms with E-state index in [9.17, 15) is 0 Å². The Kier molecular flexibility index (Phi) is 3.82. The van der Waals surface area contributed by atoms with Crippen LogP contribution in [0.2, 0.25) is 5.02 Å². The van der Waals surface area contributed by atoms with E-state index in [1.807, 2.05) is 55.5 Å². The third kappa shape index (κ3) is 3.35. The fourth-order valence-corrected chi connectivity index (χ4v) is 1.65. The first-order valence-corrected chi connectivity index (χ1v) is 5.88. The lowest BCUT2D eigenvalue weighted by Gasteiger charge is -1.98. The second-order valence-electron chi connectivity index (χ2n) is 3.83. The molecule has 84 valence electrons. The molecule has 1 heteroatoms. The van der Waals surface area contributed by atoms with E-state index in [4.69, 9.17) is 11.6 Å². The van der Waals surface area contributed by atoms with Gasteiger partial charge in [0, 0.05) is 5.02 Å². The maximum absolute atomic E-state index is 5.85. The highest BCUT2D eigenvalue weighted by atomic mass is 35.5. The summed E-state index contributed by atoms with van der Waals surface area (Å²) in [6.45, 7) is 2.04. The number of rotatable bonds is 2. The highest BCUT2D eigenvalue weighted by Crippen LogP contribution is 2.16. The van der Waals surface area contributed by atoms with Crippen LogP contribution in [0, 0.1) is 0 Å². The topological polar surface area (TPSA) is 0 Å². The van der Waals surface area contributed by atoms with Crippen LogP contribution < -0.4 is 0 Å². The van der Waals surface area contributed by atoms with Gasteiger partial charge >= 0.3 is 0 Å². The summed E-state index contributed by atoms with van der Waals surface area (Å²) in [5, 5.41) is 0.758. The van der Waals surface area contributed by atoms with Gasteiger partial charge < -0.3 is 0 Å². The van der Waals surface area contributed by atoms with Gasteiger partial charge in [-0.2, -0.15) is 0 Å². The molecule has 0 atom stereocenters. The van der Waals surface area contributed by atoms with Crippen molar-refractivity contribution in [2.24, 2.45) is 0 Å². The number of hydrogen-bond acceptors (Lipinski definition) is 0. The molecule has 0 aromatic heterocycles. The molecule has 0 bridgehead atoms. The molecule has 0 aliphatic carbocycles. The highest BCUT2D eigenvalue weighted by molar-refractivity contribution is 6.30. The van der Waals surface area contributed by atoms with E-state index in [2.05, 4.69) is 17.9 Å². The summed E-state index contributed by atoms with van der Waals surface area (Å²) in [4.78, 5) is 0. The van der Waals surface area contributed by atoms with Crippen LogP contribution in [0.3, 0.4) is 0 Å². The molecule has 2 rings (SSSR count). The Morgan fingerprint density at radius 1 is 1.00 bits per heavy atom. The second kappa shape index (κ2) is 5.54. The van der Waals surface area contributed by atoms with E-state index in [0.29, 0.717) is 0 Å². The Morgan fingerprint density at radius 2 is 1.65 bits per heavy atom. The Labute approximate surface area is 107 Å². The maximum Gasteiger partial charge on any atom is 0.0406 e. The first kappa shape index (κ1) is 11.7. The van der Waals surface area contributed by atoms with Crippen LogP contribution in [0.4, 0.5) is 0 Å². The maximum atomic E-state index is 5.85. The summed E-state index contributed by atoms with van der Waals surface area (Å²) < 4.78 is 0. The van der Waals surface area contributed by atoms with Crippen LogP contribution in [-0.4, -0.2) is 0 Å². The van der Waals surface area contributed by atoms with Crippen LogP contribution in [0.15, 0.2) is 60.3 Å². The van der Waals surface area contributed by atoms with Crippen molar-refractivity contribution in [3.63, 3.8) is 0 Å². The molecule has 0 aliphatic heterocycles. The van der Waals surface area contributed by atoms with Crippen molar-refractivity contribution in [2.45, 2.75) is 6.92 Å². The van der Waals surface area contributed by atoms with Gasteiger partial charge in [-0.05, 0) is 41.8 Å². The molecular weight excluding hydrogens is 228 g/mol. The number of halogens is 1. The minimum Gasteiger partial charge on any atom is -0.116 e. The summed E-state index contributed by atoms with van der Waals surface area (Å²) in [6, 6.07) is 18.0. The van der Waals surface area contributed by atoms with E-state index < -0.39 is 0 Å². The third-order valence-corrected chi connectivity index (χ3v) is 2.78. The SMILES string of the molecule is CC(=C=Cc1ccccc1)c1ccc(Cl)cc1. The molecule has 0 amide bonds. The van der Waals surface area contributed by atoms with Gasteiger partial charge in [0.25, 0.3) is 0 Å². The van der Waals surface area contributed by atoms with Crippen LogP contribution >= 0.6 is 11.6 Å². The van der Waals surface area contributed by atoms with Gasteiger partial charge in [0.1, 0.15) is 0 Å². The van der Waals surface area contributed by atoms with Gasteiger partial charge in [0.15, 0.2) is 0 Å². The summed E-state index contributed by atoms with van der Waals surface area (Å²) >= 11 is 5.85. The fraction of sp³-hybridized carbons (Fsp3) is 0.0625. The minimum atomic E-state index is 0.758. The molecule has 0 aliphatic rings. The monoisotopic (exact) mass is 240 g/mol. The Bertz CT molecular complexity index is 544. The molecule has 2 aromatic carbocycles. The lowest BCUT2D eigenvalue weighted by Crippen LogP contribution is -1.76. The molecule has 0 nitrogen and oxygen atoms in total. The van der Waals surface area contributed by atoms with E-state index in [1.54, 1.807) is 0 Å². The zero-order valence-corrected chi connectivity index (χ0v) is 10.4. The zero-order valence-electron chi connectivity index (χ0n) is 9.65. The normalized spacial score (nSPS) is 9.53. The predicted octanol–water partition coefficient (Wildman–Crippen LogP) is 5.06. The van der Waals surface area contributed by atoms with Crippen LogP contribution in [0.25, 0.3) is 11.6 Å². The smallest absolute Gasteiger partial charge is 0.0406 e. The van der Waals surface area contributed by atoms with E-state index in [-0.39, 0.29) is 0 Å². The van der Waals surface area contributed by atoms with Gasteiger partial charge in [-0.15, -0.1) is 5.73 Å². The van der Waals surface area contributed by atoms with Crippen LogP contribution in [0.5, 0.6) is 0 Å². The molecule has 0 saturated carbocycles.